The molecule has 16 heavy (non-hydrogen) atoms. The van der Waals surface area contributed by atoms with Gasteiger partial charge in [-0.25, -0.2) is 0 Å². The number of amides is 1. The molecule has 1 aromatic carbocycles. The largest absolute Gasteiger partial charge is 0.573 e. The van der Waals surface area contributed by atoms with Gasteiger partial charge in [-0.2, -0.15) is 0 Å². The van der Waals surface area contributed by atoms with E-state index in [0.29, 0.717) is 0 Å². The van der Waals surface area contributed by atoms with Gasteiger partial charge in [0.15, 0.2) is 0 Å². The van der Waals surface area contributed by atoms with Crippen LogP contribution in [0.1, 0.15) is 5.56 Å². The van der Waals surface area contributed by atoms with E-state index >= 15 is 0 Å². The number of benzene rings is 1. The van der Waals surface area contributed by atoms with E-state index in [2.05, 4.69) is 4.74 Å². The molecule has 0 saturated heterocycles. The first-order chi connectivity index (χ1) is 7.38. The number of hydrogen-bond donors (Lipinski definition) is 1. The molecule has 0 bridgehead atoms. The van der Waals surface area contributed by atoms with Gasteiger partial charge in [0.25, 0.3) is 0 Å². The lowest BCUT2D eigenvalue weighted by atomic mass is 10.2. The molecule has 3 nitrogen and oxygen atoms in total. The fourth-order valence-corrected chi connectivity index (χ4v) is 1.01. The predicted octanol–water partition coefficient (Wildman–Crippen LogP) is 2.08. The molecule has 1 amide bonds. The van der Waals surface area contributed by atoms with Crippen molar-refractivity contribution in [3.63, 3.8) is 0 Å². The summed E-state index contributed by atoms with van der Waals surface area (Å²) in [7, 11) is 0. The second kappa shape index (κ2) is 4.69. The Labute approximate surface area is 89.3 Å². The average molecular weight is 231 g/mol. The Hall–Kier alpha value is -1.98. The van der Waals surface area contributed by atoms with Crippen molar-refractivity contribution in [1.29, 1.82) is 0 Å². The lowest BCUT2D eigenvalue weighted by Crippen LogP contribution is -2.17. The molecular weight excluding hydrogens is 223 g/mol. The minimum Gasteiger partial charge on any atom is -0.405 e. The molecule has 6 heteroatoms. The van der Waals surface area contributed by atoms with Crippen molar-refractivity contribution in [2.24, 2.45) is 5.73 Å². The highest BCUT2D eigenvalue weighted by Gasteiger charge is 2.31. The highest BCUT2D eigenvalue weighted by Crippen LogP contribution is 2.26. The summed E-state index contributed by atoms with van der Waals surface area (Å²) in [6, 6.07) is 5.43. The topological polar surface area (TPSA) is 52.3 Å². The normalized spacial score (nSPS) is 11.7. The van der Waals surface area contributed by atoms with Gasteiger partial charge in [-0.1, -0.05) is 18.2 Å². The molecule has 0 unspecified atom stereocenters. The molecule has 0 aliphatic carbocycles. The van der Waals surface area contributed by atoms with Crippen LogP contribution in [-0.2, 0) is 4.79 Å². The number of primary amides is 1. The van der Waals surface area contributed by atoms with Crippen molar-refractivity contribution in [1.82, 2.24) is 0 Å². The SMILES string of the molecule is NC(=O)/C=C\c1ccccc1OC(F)(F)F. The van der Waals surface area contributed by atoms with Gasteiger partial charge in [0.1, 0.15) is 5.75 Å². The number of carbonyl (C=O) groups excluding carboxylic acids is 1. The third-order valence-electron chi connectivity index (χ3n) is 1.57. The highest BCUT2D eigenvalue weighted by molar-refractivity contribution is 5.90. The van der Waals surface area contributed by atoms with Crippen LogP contribution in [0.4, 0.5) is 13.2 Å². The number of carbonyl (C=O) groups is 1. The maximum Gasteiger partial charge on any atom is 0.573 e. The summed E-state index contributed by atoms with van der Waals surface area (Å²) >= 11 is 0. The zero-order valence-corrected chi connectivity index (χ0v) is 7.99. The number of halogens is 3. The Morgan fingerprint density at radius 2 is 1.94 bits per heavy atom. The van der Waals surface area contributed by atoms with E-state index in [-0.39, 0.29) is 11.3 Å². The number of rotatable bonds is 3. The van der Waals surface area contributed by atoms with Crippen LogP contribution >= 0.6 is 0 Å². The van der Waals surface area contributed by atoms with Crippen LogP contribution < -0.4 is 10.5 Å². The van der Waals surface area contributed by atoms with E-state index in [1.807, 2.05) is 0 Å². The summed E-state index contributed by atoms with van der Waals surface area (Å²) in [6.07, 6.45) is -2.65. The molecule has 0 atom stereocenters. The molecule has 0 aromatic heterocycles. The highest BCUT2D eigenvalue weighted by atomic mass is 19.4. The number of alkyl halides is 3. The average Bonchev–Trinajstić information content (AvgIpc) is 2.14. The standard InChI is InChI=1S/C10H8F3NO2/c11-10(12,13)16-8-4-2-1-3-7(8)5-6-9(14)15/h1-6H,(H2,14,15)/b6-5-. The monoisotopic (exact) mass is 231 g/mol. The van der Waals surface area contributed by atoms with E-state index in [1.54, 1.807) is 0 Å². The number of para-hydroxylation sites is 1. The van der Waals surface area contributed by atoms with Gasteiger partial charge in [0.2, 0.25) is 5.91 Å². The third-order valence-corrected chi connectivity index (χ3v) is 1.57. The Morgan fingerprint density at radius 3 is 2.50 bits per heavy atom. The van der Waals surface area contributed by atoms with E-state index < -0.39 is 12.3 Å². The molecule has 0 aliphatic heterocycles. The van der Waals surface area contributed by atoms with Gasteiger partial charge >= 0.3 is 6.36 Å². The maximum atomic E-state index is 12.0. The third kappa shape index (κ3) is 4.04. The van der Waals surface area contributed by atoms with Crippen molar-refractivity contribution < 1.29 is 22.7 Å². The molecule has 0 radical (unpaired) electrons. The van der Waals surface area contributed by atoms with Crippen LogP contribution in [0.3, 0.4) is 0 Å². The second-order valence-corrected chi connectivity index (χ2v) is 2.82. The first kappa shape index (κ1) is 12.1. The molecule has 0 fully saturated rings. The number of hydrogen-bond acceptors (Lipinski definition) is 2. The molecule has 0 heterocycles. The Balaban J connectivity index is 2.96. The van der Waals surface area contributed by atoms with Gasteiger partial charge < -0.3 is 10.5 Å². The van der Waals surface area contributed by atoms with Crippen LogP contribution in [0.2, 0.25) is 0 Å². The summed E-state index contributed by atoms with van der Waals surface area (Å²) < 4.78 is 39.7. The van der Waals surface area contributed by atoms with Crippen molar-refractivity contribution in [3.8, 4) is 5.75 Å². The van der Waals surface area contributed by atoms with Crippen molar-refractivity contribution in [2.75, 3.05) is 0 Å². The summed E-state index contributed by atoms with van der Waals surface area (Å²) in [5.41, 5.74) is 4.95. The molecule has 86 valence electrons. The molecule has 0 aliphatic rings. The minimum absolute atomic E-state index is 0.124. The van der Waals surface area contributed by atoms with Gasteiger partial charge in [-0.05, 0) is 12.1 Å². The van der Waals surface area contributed by atoms with Crippen LogP contribution in [0.25, 0.3) is 6.08 Å². The van der Waals surface area contributed by atoms with Crippen molar-refractivity contribution in [2.45, 2.75) is 6.36 Å². The fourth-order valence-electron chi connectivity index (χ4n) is 1.01. The quantitative estimate of drug-likeness (QED) is 0.809. The van der Waals surface area contributed by atoms with E-state index in [1.165, 1.54) is 18.2 Å². The molecular formula is C10H8F3NO2. The zero-order chi connectivity index (χ0) is 12.2. The molecule has 2 N–H and O–H groups in total. The first-order valence-electron chi connectivity index (χ1n) is 4.21. The smallest absolute Gasteiger partial charge is 0.405 e. The van der Waals surface area contributed by atoms with Crippen molar-refractivity contribution in [3.05, 3.63) is 35.9 Å². The molecule has 1 aromatic rings. The van der Waals surface area contributed by atoms with E-state index in [4.69, 9.17) is 5.73 Å². The Morgan fingerprint density at radius 1 is 1.31 bits per heavy atom. The van der Waals surface area contributed by atoms with Gasteiger partial charge in [0, 0.05) is 11.6 Å². The predicted molar refractivity (Wildman–Crippen MR) is 51.4 cm³/mol. The molecule has 0 spiro atoms. The summed E-state index contributed by atoms with van der Waals surface area (Å²) in [4.78, 5) is 10.4. The van der Waals surface area contributed by atoms with Crippen molar-refractivity contribution >= 4 is 12.0 Å². The number of nitrogens with two attached hydrogens (primary N) is 1. The zero-order valence-electron chi connectivity index (χ0n) is 7.99. The van der Waals surface area contributed by atoms with Gasteiger partial charge in [-0.15, -0.1) is 13.2 Å². The second-order valence-electron chi connectivity index (χ2n) is 2.82. The van der Waals surface area contributed by atoms with Crippen LogP contribution in [-0.4, -0.2) is 12.3 Å². The summed E-state index contributed by atoms with van der Waals surface area (Å²) in [6.45, 7) is 0. The fraction of sp³-hybridized carbons (Fsp3) is 0.100. The minimum atomic E-state index is -4.77. The number of ether oxygens (including phenoxy) is 1. The van der Waals surface area contributed by atoms with Gasteiger partial charge in [-0.3, -0.25) is 4.79 Å². The lowest BCUT2D eigenvalue weighted by Gasteiger charge is -2.10. The van der Waals surface area contributed by atoms with E-state index in [9.17, 15) is 18.0 Å². The Kier molecular flexibility index (Phi) is 3.55. The van der Waals surface area contributed by atoms with Gasteiger partial charge in [0.05, 0.1) is 0 Å². The Bertz CT molecular complexity index is 413. The summed E-state index contributed by atoms with van der Waals surface area (Å²) in [5, 5.41) is 0. The molecule has 0 saturated carbocycles. The van der Waals surface area contributed by atoms with Crippen LogP contribution in [0, 0.1) is 0 Å². The summed E-state index contributed by atoms with van der Waals surface area (Å²) in [5.74, 6) is -1.13. The molecule has 1 rings (SSSR count). The lowest BCUT2D eigenvalue weighted by molar-refractivity contribution is -0.274. The van der Waals surface area contributed by atoms with Crippen LogP contribution in [0.5, 0.6) is 5.75 Å². The van der Waals surface area contributed by atoms with E-state index in [0.717, 1.165) is 18.2 Å². The maximum absolute atomic E-state index is 12.0. The first-order valence-corrected chi connectivity index (χ1v) is 4.21. The van der Waals surface area contributed by atoms with Crippen LogP contribution in [0.15, 0.2) is 30.3 Å².